The highest BCUT2D eigenvalue weighted by Crippen LogP contribution is 2.12. The van der Waals surface area contributed by atoms with Crippen LogP contribution in [0, 0.1) is 5.92 Å². The molecule has 0 amide bonds. The van der Waals surface area contributed by atoms with E-state index in [0.717, 1.165) is 25.9 Å². The van der Waals surface area contributed by atoms with E-state index in [0.29, 0.717) is 6.61 Å². The molecule has 0 bridgehead atoms. The van der Waals surface area contributed by atoms with Crippen molar-refractivity contribution in [2.75, 3.05) is 26.8 Å². The van der Waals surface area contributed by atoms with Crippen molar-refractivity contribution in [3.63, 3.8) is 0 Å². The van der Waals surface area contributed by atoms with Crippen LogP contribution in [-0.2, 0) is 14.3 Å². The Bertz CT molecular complexity index is 178. The monoisotopic (exact) mass is 201 g/mol. The van der Waals surface area contributed by atoms with E-state index in [1.54, 1.807) is 7.11 Å². The van der Waals surface area contributed by atoms with Gasteiger partial charge in [0.1, 0.15) is 6.10 Å². The normalized spacial score (nSPS) is 24.3. The van der Waals surface area contributed by atoms with Gasteiger partial charge < -0.3 is 14.8 Å². The van der Waals surface area contributed by atoms with E-state index in [-0.39, 0.29) is 18.0 Å². The van der Waals surface area contributed by atoms with Gasteiger partial charge in [0.05, 0.1) is 12.5 Å². The summed E-state index contributed by atoms with van der Waals surface area (Å²) in [6.45, 7) is 4.07. The van der Waals surface area contributed by atoms with E-state index in [1.807, 2.05) is 6.92 Å². The molecule has 0 spiro atoms. The minimum atomic E-state index is -0.144. The molecule has 0 aromatic carbocycles. The lowest BCUT2D eigenvalue weighted by Gasteiger charge is -2.22. The minimum Gasteiger partial charge on any atom is -0.460 e. The van der Waals surface area contributed by atoms with Crippen LogP contribution in [0.15, 0.2) is 0 Å². The Morgan fingerprint density at radius 1 is 1.64 bits per heavy atom. The average molecular weight is 201 g/mol. The molecule has 0 radical (unpaired) electrons. The lowest BCUT2D eigenvalue weighted by molar-refractivity contribution is -0.156. The molecule has 14 heavy (non-hydrogen) atoms. The van der Waals surface area contributed by atoms with Gasteiger partial charge in [-0.3, -0.25) is 4.79 Å². The number of methoxy groups -OCH3 is 1. The van der Waals surface area contributed by atoms with E-state index < -0.39 is 0 Å². The van der Waals surface area contributed by atoms with Crippen molar-refractivity contribution < 1.29 is 14.3 Å². The van der Waals surface area contributed by atoms with Crippen LogP contribution in [0.25, 0.3) is 0 Å². The predicted molar refractivity (Wildman–Crippen MR) is 53.0 cm³/mol. The van der Waals surface area contributed by atoms with Crippen LogP contribution in [-0.4, -0.2) is 38.9 Å². The van der Waals surface area contributed by atoms with Gasteiger partial charge in [-0.2, -0.15) is 0 Å². The van der Waals surface area contributed by atoms with Crippen molar-refractivity contribution in [3.05, 3.63) is 0 Å². The number of hydrogen-bond donors (Lipinski definition) is 1. The molecule has 2 atom stereocenters. The van der Waals surface area contributed by atoms with Gasteiger partial charge in [0.2, 0.25) is 0 Å². The van der Waals surface area contributed by atoms with E-state index in [4.69, 9.17) is 9.47 Å². The fourth-order valence-corrected chi connectivity index (χ4v) is 1.62. The smallest absolute Gasteiger partial charge is 0.310 e. The fourth-order valence-electron chi connectivity index (χ4n) is 1.62. The van der Waals surface area contributed by atoms with E-state index in [9.17, 15) is 4.79 Å². The van der Waals surface area contributed by atoms with Crippen LogP contribution in [0.3, 0.4) is 0 Å². The van der Waals surface area contributed by atoms with E-state index in [1.165, 1.54) is 0 Å². The van der Waals surface area contributed by atoms with Crippen LogP contribution >= 0.6 is 0 Å². The van der Waals surface area contributed by atoms with Gasteiger partial charge in [-0.1, -0.05) is 0 Å². The number of piperidine rings is 1. The average Bonchev–Trinajstić information content (AvgIpc) is 2.19. The SMILES string of the molecule is COCC(C)OC(=O)[C@H]1CCCNC1. The maximum Gasteiger partial charge on any atom is 0.310 e. The fraction of sp³-hybridized carbons (Fsp3) is 0.900. The lowest BCUT2D eigenvalue weighted by Crippen LogP contribution is -2.37. The second-order valence-corrected chi connectivity index (χ2v) is 3.75. The largest absolute Gasteiger partial charge is 0.460 e. The maximum absolute atomic E-state index is 11.6. The number of carbonyl (C=O) groups excluding carboxylic acids is 1. The first-order chi connectivity index (χ1) is 6.74. The van der Waals surface area contributed by atoms with Gasteiger partial charge in [-0.25, -0.2) is 0 Å². The number of hydrogen-bond acceptors (Lipinski definition) is 4. The molecule has 0 aromatic heterocycles. The zero-order chi connectivity index (χ0) is 10.4. The highest BCUT2D eigenvalue weighted by Gasteiger charge is 2.23. The van der Waals surface area contributed by atoms with Crippen molar-refractivity contribution in [1.29, 1.82) is 0 Å². The Hall–Kier alpha value is -0.610. The second-order valence-electron chi connectivity index (χ2n) is 3.75. The van der Waals surface area contributed by atoms with Crippen LogP contribution in [0.5, 0.6) is 0 Å². The summed E-state index contributed by atoms with van der Waals surface area (Å²) in [4.78, 5) is 11.6. The third-order valence-electron chi connectivity index (χ3n) is 2.35. The van der Waals surface area contributed by atoms with E-state index in [2.05, 4.69) is 5.32 Å². The van der Waals surface area contributed by atoms with Crippen molar-refractivity contribution in [1.82, 2.24) is 5.32 Å². The van der Waals surface area contributed by atoms with Crippen LogP contribution in [0.4, 0.5) is 0 Å². The number of carbonyl (C=O) groups is 1. The Morgan fingerprint density at radius 2 is 2.43 bits per heavy atom. The molecule has 0 aliphatic carbocycles. The molecule has 1 fully saturated rings. The van der Waals surface area contributed by atoms with E-state index >= 15 is 0 Å². The standard InChI is InChI=1S/C10H19NO3/c1-8(7-13-2)14-10(12)9-4-3-5-11-6-9/h8-9,11H,3-7H2,1-2H3/t8?,9-/m0/s1. The molecule has 0 aromatic rings. The van der Waals surface area contributed by atoms with Crippen LogP contribution < -0.4 is 5.32 Å². The van der Waals surface area contributed by atoms with Crippen LogP contribution in [0.1, 0.15) is 19.8 Å². The molecule has 1 unspecified atom stereocenters. The first-order valence-corrected chi connectivity index (χ1v) is 5.14. The van der Waals surface area contributed by atoms with Gasteiger partial charge in [-0.05, 0) is 26.3 Å². The Morgan fingerprint density at radius 3 is 3.00 bits per heavy atom. The Balaban J connectivity index is 2.25. The predicted octanol–water partition coefficient (Wildman–Crippen LogP) is 0.564. The Labute approximate surface area is 85.0 Å². The molecular weight excluding hydrogens is 182 g/mol. The maximum atomic E-state index is 11.6. The zero-order valence-electron chi connectivity index (χ0n) is 8.91. The van der Waals surface area contributed by atoms with Gasteiger partial charge in [-0.15, -0.1) is 0 Å². The lowest BCUT2D eigenvalue weighted by atomic mass is 10.00. The van der Waals surface area contributed by atoms with Crippen molar-refractivity contribution in [3.8, 4) is 0 Å². The highest BCUT2D eigenvalue weighted by molar-refractivity contribution is 5.73. The number of nitrogens with one attached hydrogen (secondary N) is 1. The second kappa shape index (κ2) is 5.98. The van der Waals surface area contributed by atoms with Crippen LogP contribution in [0.2, 0.25) is 0 Å². The first kappa shape index (κ1) is 11.5. The molecule has 1 aliphatic rings. The molecule has 1 saturated heterocycles. The summed E-state index contributed by atoms with van der Waals surface area (Å²) in [6.07, 6.45) is 1.85. The molecule has 1 N–H and O–H groups in total. The molecule has 4 heteroatoms. The topological polar surface area (TPSA) is 47.6 Å². The van der Waals surface area contributed by atoms with Gasteiger partial charge >= 0.3 is 5.97 Å². The first-order valence-electron chi connectivity index (χ1n) is 5.14. The third-order valence-corrected chi connectivity index (χ3v) is 2.35. The summed E-state index contributed by atoms with van der Waals surface area (Å²) in [5, 5.41) is 3.19. The third kappa shape index (κ3) is 3.64. The number of rotatable bonds is 4. The summed E-state index contributed by atoms with van der Waals surface area (Å²) in [6, 6.07) is 0. The number of ether oxygens (including phenoxy) is 2. The molecular formula is C10H19NO3. The Kier molecular flexibility index (Phi) is 4.90. The quantitative estimate of drug-likeness (QED) is 0.675. The summed E-state index contributed by atoms with van der Waals surface area (Å²) < 4.78 is 10.1. The molecule has 1 aliphatic heterocycles. The molecule has 0 saturated carbocycles. The molecule has 82 valence electrons. The zero-order valence-corrected chi connectivity index (χ0v) is 8.91. The van der Waals surface area contributed by atoms with Crippen molar-refractivity contribution >= 4 is 5.97 Å². The minimum absolute atomic E-state index is 0.0306. The van der Waals surface area contributed by atoms with Crippen molar-refractivity contribution in [2.45, 2.75) is 25.9 Å². The van der Waals surface area contributed by atoms with Gasteiger partial charge in [0.25, 0.3) is 0 Å². The highest BCUT2D eigenvalue weighted by atomic mass is 16.6. The van der Waals surface area contributed by atoms with Crippen molar-refractivity contribution in [2.24, 2.45) is 5.92 Å². The molecule has 1 rings (SSSR count). The molecule has 1 heterocycles. The summed E-state index contributed by atoms with van der Waals surface area (Å²) in [5.74, 6) is -0.0650. The van der Waals surface area contributed by atoms with Gasteiger partial charge in [0, 0.05) is 13.7 Å². The molecule has 4 nitrogen and oxygen atoms in total. The summed E-state index contributed by atoms with van der Waals surface area (Å²) >= 11 is 0. The summed E-state index contributed by atoms with van der Waals surface area (Å²) in [7, 11) is 1.60. The summed E-state index contributed by atoms with van der Waals surface area (Å²) in [5.41, 5.74) is 0. The van der Waals surface area contributed by atoms with Gasteiger partial charge in [0.15, 0.2) is 0 Å². The number of esters is 1.